The summed E-state index contributed by atoms with van der Waals surface area (Å²) >= 11 is 0. The Morgan fingerprint density at radius 1 is 1.40 bits per heavy atom. The number of halogens is 1. The second-order valence-electron chi connectivity index (χ2n) is 4.95. The minimum atomic E-state index is -0.147. The number of benzene rings is 1. The molecule has 1 nitrogen and oxygen atoms in total. The second kappa shape index (κ2) is 3.51. The summed E-state index contributed by atoms with van der Waals surface area (Å²) in [5, 5.41) is 3.31. The molecule has 1 saturated carbocycles. The molecule has 82 valence electrons. The van der Waals surface area contributed by atoms with E-state index in [1.54, 1.807) is 6.07 Å². The summed E-state index contributed by atoms with van der Waals surface area (Å²) < 4.78 is 13.6. The van der Waals surface area contributed by atoms with E-state index in [2.05, 4.69) is 19.2 Å². The third-order valence-electron chi connectivity index (χ3n) is 3.67. The van der Waals surface area contributed by atoms with Gasteiger partial charge in [0.25, 0.3) is 0 Å². The molecule has 1 aliphatic carbocycles. The smallest absolute Gasteiger partial charge is 0.146 e. The van der Waals surface area contributed by atoms with E-state index in [1.165, 1.54) is 18.9 Å². The zero-order valence-corrected chi connectivity index (χ0v) is 9.60. The minimum absolute atomic E-state index is 0.147. The first-order valence-corrected chi connectivity index (χ1v) is 5.54. The SMILES string of the molecule is Cc1cccc(F)c1NC(C)C1(C)CC1. The summed E-state index contributed by atoms with van der Waals surface area (Å²) in [5.41, 5.74) is 2.01. The van der Waals surface area contributed by atoms with Crippen molar-refractivity contribution in [3.63, 3.8) is 0 Å². The predicted molar refractivity (Wildman–Crippen MR) is 61.6 cm³/mol. The van der Waals surface area contributed by atoms with E-state index < -0.39 is 0 Å². The van der Waals surface area contributed by atoms with Crippen LogP contribution in [-0.2, 0) is 0 Å². The lowest BCUT2D eigenvalue weighted by atomic mass is 10.00. The third-order valence-corrected chi connectivity index (χ3v) is 3.67. The fourth-order valence-electron chi connectivity index (χ4n) is 1.84. The number of hydrogen-bond acceptors (Lipinski definition) is 1. The largest absolute Gasteiger partial charge is 0.379 e. The van der Waals surface area contributed by atoms with E-state index in [1.807, 2.05) is 13.0 Å². The molecule has 2 rings (SSSR count). The molecular formula is C13H18FN. The van der Waals surface area contributed by atoms with Crippen molar-refractivity contribution in [1.29, 1.82) is 0 Å². The number of para-hydroxylation sites is 1. The average Bonchev–Trinajstić information content (AvgIpc) is 2.91. The van der Waals surface area contributed by atoms with Crippen molar-refractivity contribution in [2.45, 2.75) is 39.7 Å². The molecule has 1 aliphatic rings. The lowest BCUT2D eigenvalue weighted by Crippen LogP contribution is -2.25. The molecule has 0 heterocycles. The van der Waals surface area contributed by atoms with Crippen LogP contribution >= 0.6 is 0 Å². The summed E-state index contributed by atoms with van der Waals surface area (Å²) in [6.07, 6.45) is 2.49. The standard InChI is InChI=1S/C13H18FN/c1-9-5-4-6-11(14)12(9)15-10(2)13(3)7-8-13/h4-6,10,15H,7-8H2,1-3H3. The zero-order valence-electron chi connectivity index (χ0n) is 9.60. The van der Waals surface area contributed by atoms with Crippen LogP contribution in [0, 0.1) is 18.2 Å². The molecule has 2 heteroatoms. The fraction of sp³-hybridized carbons (Fsp3) is 0.538. The molecule has 1 N–H and O–H groups in total. The van der Waals surface area contributed by atoms with Crippen LogP contribution in [0.2, 0.25) is 0 Å². The summed E-state index contributed by atoms with van der Waals surface area (Å²) in [4.78, 5) is 0. The lowest BCUT2D eigenvalue weighted by molar-refractivity contribution is 0.489. The third kappa shape index (κ3) is 1.99. The molecule has 0 aromatic heterocycles. The van der Waals surface area contributed by atoms with Gasteiger partial charge in [0.05, 0.1) is 5.69 Å². The van der Waals surface area contributed by atoms with E-state index in [0.717, 1.165) is 5.56 Å². The van der Waals surface area contributed by atoms with Gasteiger partial charge in [0.1, 0.15) is 5.82 Å². The maximum Gasteiger partial charge on any atom is 0.146 e. The van der Waals surface area contributed by atoms with Gasteiger partial charge in [-0.2, -0.15) is 0 Å². The Labute approximate surface area is 90.7 Å². The molecular weight excluding hydrogens is 189 g/mol. The van der Waals surface area contributed by atoms with E-state index >= 15 is 0 Å². The van der Waals surface area contributed by atoms with Crippen LogP contribution in [0.5, 0.6) is 0 Å². The maximum absolute atomic E-state index is 13.6. The molecule has 0 radical (unpaired) electrons. The Morgan fingerprint density at radius 3 is 2.60 bits per heavy atom. The van der Waals surface area contributed by atoms with Gasteiger partial charge in [-0.1, -0.05) is 19.1 Å². The van der Waals surface area contributed by atoms with Crippen LogP contribution in [0.25, 0.3) is 0 Å². The normalized spacial score (nSPS) is 19.7. The van der Waals surface area contributed by atoms with Crippen molar-refractivity contribution in [2.75, 3.05) is 5.32 Å². The highest BCUT2D eigenvalue weighted by atomic mass is 19.1. The van der Waals surface area contributed by atoms with Gasteiger partial charge in [0.15, 0.2) is 0 Å². The highest BCUT2D eigenvalue weighted by molar-refractivity contribution is 5.52. The van der Waals surface area contributed by atoms with Gasteiger partial charge in [-0.05, 0) is 43.7 Å². The molecule has 1 aromatic carbocycles. The van der Waals surface area contributed by atoms with Crippen molar-refractivity contribution in [3.8, 4) is 0 Å². The molecule has 1 fully saturated rings. The van der Waals surface area contributed by atoms with Gasteiger partial charge in [-0.25, -0.2) is 4.39 Å². The summed E-state index contributed by atoms with van der Waals surface area (Å²) in [5.74, 6) is -0.147. The second-order valence-corrected chi connectivity index (χ2v) is 4.95. The molecule has 0 aliphatic heterocycles. The van der Waals surface area contributed by atoms with E-state index in [9.17, 15) is 4.39 Å². The van der Waals surface area contributed by atoms with Crippen LogP contribution in [-0.4, -0.2) is 6.04 Å². The summed E-state index contributed by atoms with van der Waals surface area (Å²) in [6, 6.07) is 5.54. The number of anilines is 1. The highest BCUT2D eigenvalue weighted by Gasteiger charge is 2.42. The van der Waals surface area contributed by atoms with Gasteiger partial charge >= 0.3 is 0 Å². The van der Waals surface area contributed by atoms with Crippen molar-refractivity contribution in [2.24, 2.45) is 5.41 Å². The molecule has 1 aromatic rings. The van der Waals surface area contributed by atoms with Gasteiger partial charge in [0, 0.05) is 6.04 Å². The maximum atomic E-state index is 13.6. The van der Waals surface area contributed by atoms with E-state index in [0.29, 0.717) is 17.1 Å². The van der Waals surface area contributed by atoms with E-state index in [4.69, 9.17) is 0 Å². The first kappa shape index (κ1) is 10.5. The van der Waals surface area contributed by atoms with Gasteiger partial charge in [0.2, 0.25) is 0 Å². The Morgan fingerprint density at radius 2 is 2.07 bits per heavy atom. The van der Waals surface area contributed by atoms with E-state index in [-0.39, 0.29) is 5.82 Å². The Kier molecular flexibility index (Phi) is 2.45. The predicted octanol–water partition coefficient (Wildman–Crippen LogP) is 3.73. The minimum Gasteiger partial charge on any atom is -0.379 e. The van der Waals surface area contributed by atoms with Crippen molar-refractivity contribution >= 4 is 5.69 Å². The number of nitrogens with one attached hydrogen (secondary N) is 1. The van der Waals surface area contributed by atoms with Crippen molar-refractivity contribution in [3.05, 3.63) is 29.6 Å². The summed E-state index contributed by atoms with van der Waals surface area (Å²) in [7, 11) is 0. The lowest BCUT2D eigenvalue weighted by Gasteiger charge is -2.23. The van der Waals surface area contributed by atoms with Crippen LogP contribution in [0.15, 0.2) is 18.2 Å². The molecule has 0 amide bonds. The van der Waals surface area contributed by atoms with Crippen LogP contribution in [0.3, 0.4) is 0 Å². The zero-order chi connectivity index (χ0) is 11.1. The Hall–Kier alpha value is -1.05. The molecule has 0 bridgehead atoms. The first-order chi connectivity index (χ1) is 7.03. The van der Waals surface area contributed by atoms with Crippen molar-refractivity contribution in [1.82, 2.24) is 0 Å². The number of rotatable bonds is 3. The average molecular weight is 207 g/mol. The van der Waals surface area contributed by atoms with Gasteiger partial charge < -0.3 is 5.32 Å². The summed E-state index contributed by atoms with van der Waals surface area (Å²) in [6.45, 7) is 6.33. The number of hydrogen-bond donors (Lipinski definition) is 1. The van der Waals surface area contributed by atoms with Gasteiger partial charge in [-0.3, -0.25) is 0 Å². The monoisotopic (exact) mass is 207 g/mol. The molecule has 1 unspecified atom stereocenters. The topological polar surface area (TPSA) is 12.0 Å². The van der Waals surface area contributed by atoms with Crippen LogP contribution in [0.1, 0.15) is 32.3 Å². The van der Waals surface area contributed by atoms with Crippen LogP contribution < -0.4 is 5.32 Å². The fourth-order valence-corrected chi connectivity index (χ4v) is 1.84. The Balaban J connectivity index is 2.16. The molecule has 15 heavy (non-hydrogen) atoms. The van der Waals surface area contributed by atoms with Crippen LogP contribution in [0.4, 0.5) is 10.1 Å². The van der Waals surface area contributed by atoms with Gasteiger partial charge in [-0.15, -0.1) is 0 Å². The molecule has 0 saturated heterocycles. The quantitative estimate of drug-likeness (QED) is 0.796. The van der Waals surface area contributed by atoms with Crippen molar-refractivity contribution < 1.29 is 4.39 Å². The molecule has 1 atom stereocenters. The molecule has 0 spiro atoms. The highest BCUT2D eigenvalue weighted by Crippen LogP contribution is 2.49. The number of aryl methyl sites for hydroxylation is 1. The Bertz CT molecular complexity index is 349. The first-order valence-electron chi connectivity index (χ1n) is 5.54.